The van der Waals surface area contributed by atoms with Crippen LogP contribution in [0, 0.1) is 5.92 Å². The van der Waals surface area contributed by atoms with Gasteiger partial charge in [-0.15, -0.1) is 11.8 Å². The second-order valence-electron chi connectivity index (χ2n) is 5.25. The zero-order valence-corrected chi connectivity index (χ0v) is 11.3. The van der Waals surface area contributed by atoms with Gasteiger partial charge in [0.05, 0.1) is 5.25 Å². The minimum atomic E-state index is 0.188. The van der Waals surface area contributed by atoms with E-state index in [0.29, 0.717) is 12.5 Å². The number of hydrogen-bond donors (Lipinski definition) is 2. The van der Waals surface area contributed by atoms with Gasteiger partial charge in [0.15, 0.2) is 0 Å². The molecule has 0 aromatic rings. The van der Waals surface area contributed by atoms with E-state index >= 15 is 0 Å². The molecule has 0 spiro atoms. The number of rotatable bonds is 4. The third-order valence-electron chi connectivity index (χ3n) is 4.02. The number of hydrogen-bond acceptors (Lipinski definition) is 3. The van der Waals surface area contributed by atoms with E-state index in [1.54, 1.807) is 11.8 Å². The number of nitrogens with two attached hydrogens (primary N) is 1. The number of carbonyl (C=O) groups excluding carboxylic acids is 1. The van der Waals surface area contributed by atoms with Crippen LogP contribution in [0.4, 0.5) is 0 Å². The molecule has 0 radical (unpaired) electrons. The van der Waals surface area contributed by atoms with E-state index in [0.717, 1.165) is 12.2 Å². The first-order valence-corrected chi connectivity index (χ1v) is 7.98. The molecule has 3 nitrogen and oxygen atoms in total. The highest BCUT2D eigenvalue weighted by Gasteiger charge is 2.28. The molecule has 17 heavy (non-hydrogen) atoms. The van der Waals surface area contributed by atoms with Gasteiger partial charge in [0, 0.05) is 12.6 Å². The first kappa shape index (κ1) is 13.2. The topological polar surface area (TPSA) is 55.1 Å². The summed E-state index contributed by atoms with van der Waals surface area (Å²) in [6.45, 7) is 0.591. The van der Waals surface area contributed by atoms with Gasteiger partial charge in [0.25, 0.3) is 0 Å². The predicted molar refractivity (Wildman–Crippen MR) is 73.0 cm³/mol. The Hall–Kier alpha value is -0.220. The van der Waals surface area contributed by atoms with Gasteiger partial charge < -0.3 is 11.1 Å². The van der Waals surface area contributed by atoms with Crippen LogP contribution in [-0.4, -0.2) is 29.5 Å². The molecule has 3 N–H and O–H groups in total. The average molecular weight is 256 g/mol. The molecule has 2 fully saturated rings. The van der Waals surface area contributed by atoms with Crippen molar-refractivity contribution in [1.29, 1.82) is 0 Å². The van der Waals surface area contributed by atoms with Crippen molar-refractivity contribution in [2.75, 3.05) is 12.3 Å². The van der Waals surface area contributed by atoms with Crippen molar-refractivity contribution in [2.24, 2.45) is 11.7 Å². The van der Waals surface area contributed by atoms with Crippen molar-refractivity contribution in [1.82, 2.24) is 5.32 Å². The van der Waals surface area contributed by atoms with E-state index in [1.165, 1.54) is 38.5 Å². The van der Waals surface area contributed by atoms with Crippen LogP contribution < -0.4 is 11.1 Å². The maximum atomic E-state index is 12.1. The minimum Gasteiger partial charge on any atom is -0.351 e. The van der Waals surface area contributed by atoms with Crippen molar-refractivity contribution in [3.05, 3.63) is 0 Å². The SMILES string of the molecule is NCC(NC(=O)C1CCCS1)C1CCCCC1. The van der Waals surface area contributed by atoms with Gasteiger partial charge >= 0.3 is 0 Å². The summed E-state index contributed by atoms with van der Waals surface area (Å²) in [5, 5.41) is 3.38. The average Bonchev–Trinajstić information content (AvgIpc) is 2.90. The van der Waals surface area contributed by atoms with E-state index in [-0.39, 0.29) is 17.2 Å². The molecule has 1 saturated heterocycles. The molecule has 0 aromatic heterocycles. The molecular formula is C13H24N2OS. The Labute approximate surface area is 108 Å². The summed E-state index contributed by atoms with van der Waals surface area (Å²) < 4.78 is 0. The Kier molecular flexibility index (Phi) is 5.16. The zero-order chi connectivity index (χ0) is 12.1. The third-order valence-corrected chi connectivity index (χ3v) is 5.40. The Morgan fingerprint density at radius 1 is 1.24 bits per heavy atom. The third kappa shape index (κ3) is 3.62. The van der Waals surface area contributed by atoms with Crippen LogP contribution in [0.2, 0.25) is 0 Å². The molecule has 1 aliphatic carbocycles. The molecule has 1 heterocycles. The number of carbonyl (C=O) groups is 1. The van der Waals surface area contributed by atoms with Crippen LogP contribution >= 0.6 is 11.8 Å². The molecule has 98 valence electrons. The van der Waals surface area contributed by atoms with Crippen molar-refractivity contribution >= 4 is 17.7 Å². The van der Waals surface area contributed by atoms with Gasteiger partial charge in [0.2, 0.25) is 5.91 Å². The summed E-state index contributed by atoms with van der Waals surface area (Å²) in [4.78, 5) is 12.1. The van der Waals surface area contributed by atoms with Crippen LogP contribution in [0.5, 0.6) is 0 Å². The first-order valence-electron chi connectivity index (χ1n) is 6.93. The smallest absolute Gasteiger partial charge is 0.233 e. The van der Waals surface area contributed by atoms with Gasteiger partial charge in [-0.05, 0) is 37.4 Å². The van der Waals surface area contributed by atoms with Crippen molar-refractivity contribution in [3.8, 4) is 0 Å². The molecule has 2 atom stereocenters. The van der Waals surface area contributed by atoms with E-state index in [4.69, 9.17) is 5.73 Å². The van der Waals surface area contributed by atoms with E-state index in [1.807, 2.05) is 0 Å². The highest BCUT2D eigenvalue weighted by Crippen LogP contribution is 2.28. The maximum absolute atomic E-state index is 12.1. The van der Waals surface area contributed by atoms with Crippen LogP contribution in [0.25, 0.3) is 0 Å². The van der Waals surface area contributed by atoms with Crippen LogP contribution in [0.1, 0.15) is 44.9 Å². The highest BCUT2D eigenvalue weighted by atomic mass is 32.2. The molecule has 2 aliphatic rings. The van der Waals surface area contributed by atoms with E-state index in [9.17, 15) is 4.79 Å². The second kappa shape index (κ2) is 6.64. The Bertz CT molecular complexity index is 248. The summed E-state index contributed by atoms with van der Waals surface area (Å²) in [6, 6.07) is 0.212. The fourth-order valence-electron chi connectivity index (χ4n) is 2.97. The Balaban J connectivity index is 1.82. The molecule has 0 bridgehead atoms. The maximum Gasteiger partial charge on any atom is 0.233 e. The standard InChI is InChI=1S/C13H24N2OS/c14-9-11(10-5-2-1-3-6-10)15-13(16)12-7-4-8-17-12/h10-12H,1-9,14H2,(H,15,16). The summed E-state index contributed by atoms with van der Waals surface area (Å²) in [5.41, 5.74) is 5.83. The predicted octanol–water partition coefficient (Wildman–Crippen LogP) is 1.91. The Morgan fingerprint density at radius 2 is 2.00 bits per heavy atom. The van der Waals surface area contributed by atoms with Gasteiger partial charge in [-0.2, -0.15) is 0 Å². The van der Waals surface area contributed by atoms with E-state index in [2.05, 4.69) is 5.32 Å². The van der Waals surface area contributed by atoms with Crippen molar-refractivity contribution in [3.63, 3.8) is 0 Å². The largest absolute Gasteiger partial charge is 0.351 e. The number of nitrogens with one attached hydrogen (secondary N) is 1. The van der Waals surface area contributed by atoms with E-state index < -0.39 is 0 Å². The van der Waals surface area contributed by atoms with Gasteiger partial charge in [-0.25, -0.2) is 0 Å². The lowest BCUT2D eigenvalue weighted by atomic mass is 9.84. The Morgan fingerprint density at radius 3 is 2.59 bits per heavy atom. The molecule has 1 amide bonds. The lowest BCUT2D eigenvalue weighted by Gasteiger charge is -2.30. The molecule has 0 aromatic carbocycles. The van der Waals surface area contributed by atoms with Crippen LogP contribution in [-0.2, 0) is 4.79 Å². The van der Waals surface area contributed by atoms with Crippen molar-refractivity contribution < 1.29 is 4.79 Å². The van der Waals surface area contributed by atoms with Crippen LogP contribution in [0.15, 0.2) is 0 Å². The molecule has 4 heteroatoms. The lowest BCUT2D eigenvalue weighted by Crippen LogP contribution is -2.48. The summed E-state index contributed by atoms with van der Waals surface area (Å²) in [5.74, 6) is 1.98. The van der Waals surface area contributed by atoms with Crippen molar-refractivity contribution in [2.45, 2.75) is 56.2 Å². The number of amides is 1. The molecule has 1 saturated carbocycles. The first-order chi connectivity index (χ1) is 8.31. The molecule has 1 aliphatic heterocycles. The lowest BCUT2D eigenvalue weighted by molar-refractivity contribution is -0.121. The van der Waals surface area contributed by atoms with Crippen LogP contribution in [0.3, 0.4) is 0 Å². The summed E-state index contributed by atoms with van der Waals surface area (Å²) in [7, 11) is 0. The van der Waals surface area contributed by atoms with Gasteiger partial charge in [0.1, 0.15) is 0 Å². The normalized spacial score (nSPS) is 27.9. The molecule has 2 unspecified atom stereocenters. The highest BCUT2D eigenvalue weighted by molar-refractivity contribution is 8.00. The quantitative estimate of drug-likeness (QED) is 0.808. The van der Waals surface area contributed by atoms with Gasteiger partial charge in [-0.1, -0.05) is 19.3 Å². The molecular weight excluding hydrogens is 232 g/mol. The molecule has 2 rings (SSSR count). The fourth-order valence-corrected chi connectivity index (χ4v) is 4.14. The number of thioether (sulfide) groups is 1. The minimum absolute atomic E-state index is 0.188. The second-order valence-corrected chi connectivity index (χ2v) is 6.56. The summed E-state index contributed by atoms with van der Waals surface area (Å²) >= 11 is 1.80. The monoisotopic (exact) mass is 256 g/mol. The van der Waals surface area contributed by atoms with Gasteiger partial charge in [-0.3, -0.25) is 4.79 Å². The zero-order valence-electron chi connectivity index (χ0n) is 10.5. The fraction of sp³-hybridized carbons (Fsp3) is 0.923. The summed E-state index contributed by atoms with van der Waals surface area (Å²) in [6.07, 6.45) is 8.64.